The largest absolute Gasteiger partial charge is 0.264 e. The Labute approximate surface area is 302 Å². The lowest BCUT2D eigenvalue weighted by Gasteiger charge is -2.17. The lowest BCUT2D eigenvalue weighted by Crippen LogP contribution is -1.91. The minimum Gasteiger partial charge on any atom is -0.264 e. The van der Waals surface area contributed by atoms with Crippen LogP contribution in [-0.4, -0.2) is 15.0 Å². The van der Waals surface area contributed by atoms with Gasteiger partial charge < -0.3 is 0 Å². The summed E-state index contributed by atoms with van der Waals surface area (Å²) < 4.78 is 2.34. The van der Waals surface area contributed by atoms with E-state index in [1.165, 1.54) is 68.7 Å². The molecule has 236 valence electrons. The number of pyridine rings is 3. The molecular weight excluding hydrogens is 730 g/mol. The van der Waals surface area contributed by atoms with E-state index in [1.54, 1.807) is 6.20 Å². The molecule has 0 aliphatic rings. The predicted molar refractivity (Wildman–Crippen MR) is 214 cm³/mol. The summed E-state index contributed by atoms with van der Waals surface area (Å²) in [6.45, 7) is 2.02. The molecule has 0 amide bonds. The Morgan fingerprint density at radius 2 is 0.653 bits per heavy atom. The molecule has 0 N–H and O–H groups in total. The highest BCUT2D eigenvalue weighted by Gasteiger charge is 2.16. The summed E-state index contributed by atoms with van der Waals surface area (Å²) >= 11 is 7.39. The molecule has 9 rings (SSSR count). The van der Waals surface area contributed by atoms with Crippen molar-refractivity contribution in [3.63, 3.8) is 0 Å². The third-order valence-corrected chi connectivity index (χ3v) is 10.2. The van der Waals surface area contributed by atoms with E-state index in [0.717, 1.165) is 11.1 Å². The number of nitrogens with zero attached hydrogens (tertiary/aromatic N) is 3. The fourth-order valence-corrected chi connectivity index (χ4v) is 7.62. The van der Waals surface area contributed by atoms with Gasteiger partial charge in [-0.15, -0.1) is 0 Å². The Balaban J connectivity index is 0.000000139. The first kappa shape index (κ1) is 32.3. The Kier molecular flexibility index (Phi) is 9.83. The van der Waals surface area contributed by atoms with Crippen LogP contribution in [0.2, 0.25) is 0 Å². The maximum absolute atomic E-state index is 4.35. The van der Waals surface area contributed by atoms with Crippen LogP contribution in [-0.2, 0) is 0 Å². The zero-order chi connectivity index (χ0) is 33.6. The topological polar surface area (TPSA) is 38.7 Å². The van der Waals surface area contributed by atoms with Gasteiger partial charge in [0.1, 0.15) is 0 Å². The van der Waals surface area contributed by atoms with E-state index in [0.29, 0.717) is 0 Å². The minimum atomic E-state index is 1.14. The summed E-state index contributed by atoms with van der Waals surface area (Å²) in [6.07, 6.45) is 11.1. The molecule has 0 aliphatic carbocycles. The zero-order valence-electron chi connectivity index (χ0n) is 26.8. The lowest BCUT2D eigenvalue weighted by molar-refractivity contribution is 1.27. The monoisotopic (exact) mass is 759 g/mol. The van der Waals surface area contributed by atoms with Crippen molar-refractivity contribution in [2.24, 2.45) is 0 Å². The number of halogens is 2. The van der Waals surface area contributed by atoms with Gasteiger partial charge in [-0.1, -0.05) is 115 Å². The quantitative estimate of drug-likeness (QED) is 0.165. The molecule has 0 saturated carbocycles. The molecule has 0 fully saturated rings. The number of hydrogen-bond donors (Lipinski definition) is 0. The summed E-state index contributed by atoms with van der Waals surface area (Å²) in [5, 5.41) is 9.91. The Bertz CT molecular complexity index is 2250. The normalized spacial score (nSPS) is 10.8. The van der Waals surface area contributed by atoms with E-state index in [4.69, 9.17) is 0 Å². The fraction of sp³-hybridized carbons (Fsp3) is 0.0227. The van der Waals surface area contributed by atoms with Gasteiger partial charge >= 0.3 is 0 Å². The van der Waals surface area contributed by atoms with E-state index in [9.17, 15) is 0 Å². The van der Waals surface area contributed by atoms with E-state index in [2.05, 4.69) is 156 Å². The van der Waals surface area contributed by atoms with E-state index in [-0.39, 0.29) is 0 Å². The minimum absolute atomic E-state index is 1.14. The van der Waals surface area contributed by atoms with Crippen molar-refractivity contribution in [1.82, 2.24) is 15.0 Å². The molecule has 3 aromatic heterocycles. The smallest absolute Gasteiger partial charge is 0.0346 e. The second kappa shape index (κ2) is 14.9. The maximum atomic E-state index is 4.35. The van der Waals surface area contributed by atoms with Crippen LogP contribution >= 0.6 is 31.9 Å². The van der Waals surface area contributed by atoms with Crippen LogP contribution < -0.4 is 0 Å². The Morgan fingerprint density at radius 3 is 0.898 bits per heavy atom. The molecule has 0 bridgehead atoms. The maximum Gasteiger partial charge on any atom is 0.0346 e. The van der Waals surface area contributed by atoms with E-state index in [1.807, 2.05) is 62.2 Å². The van der Waals surface area contributed by atoms with Gasteiger partial charge in [0.15, 0.2) is 0 Å². The molecule has 49 heavy (non-hydrogen) atoms. The summed E-state index contributed by atoms with van der Waals surface area (Å²) in [5.74, 6) is 0. The van der Waals surface area contributed by atoms with E-state index >= 15 is 0 Å². The van der Waals surface area contributed by atoms with Gasteiger partial charge in [-0.2, -0.15) is 0 Å². The second-order valence-electron chi connectivity index (χ2n) is 11.6. The van der Waals surface area contributed by atoms with Gasteiger partial charge in [0, 0.05) is 57.3 Å². The standard InChI is InChI=1S/C24H16N2.C14H8Br2.C6H7N/c1-2-10-20-19(9-1)23(17-7-5-13-25-15-17)21-11-3-4-12-22(21)24(20)18-8-6-14-26-16-18;15-13-9-5-1-2-6-10(9)14(16)12-8-4-3-7-11(12)13;1-6-3-2-4-7-5-6/h1-16H;1-8H;2-5H,1H3. The Morgan fingerprint density at radius 1 is 0.347 bits per heavy atom. The van der Waals surface area contributed by atoms with Crippen molar-refractivity contribution < 1.29 is 0 Å². The second-order valence-corrected chi connectivity index (χ2v) is 13.2. The molecule has 0 spiro atoms. The van der Waals surface area contributed by atoms with Gasteiger partial charge in [0.05, 0.1) is 0 Å². The third kappa shape index (κ3) is 6.73. The molecule has 0 unspecified atom stereocenters. The van der Waals surface area contributed by atoms with Crippen molar-refractivity contribution in [1.29, 1.82) is 0 Å². The van der Waals surface area contributed by atoms with Crippen LogP contribution in [0.15, 0.2) is 180 Å². The lowest BCUT2D eigenvalue weighted by atomic mass is 9.87. The molecule has 3 heterocycles. The zero-order valence-corrected chi connectivity index (χ0v) is 29.9. The average molecular weight is 762 g/mol. The van der Waals surface area contributed by atoms with Crippen molar-refractivity contribution in [2.75, 3.05) is 0 Å². The van der Waals surface area contributed by atoms with E-state index < -0.39 is 0 Å². The predicted octanol–water partition coefficient (Wildman–Crippen LogP) is 13.0. The molecule has 3 nitrogen and oxygen atoms in total. The summed E-state index contributed by atoms with van der Waals surface area (Å²) in [4.78, 5) is 12.6. The molecular formula is C44H31Br2N3. The average Bonchev–Trinajstić information content (AvgIpc) is 3.17. The highest BCUT2D eigenvalue weighted by molar-refractivity contribution is 9.11. The number of benzene rings is 6. The molecule has 0 atom stereocenters. The molecule has 0 aliphatic heterocycles. The van der Waals surface area contributed by atoms with Gasteiger partial charge in [-0.25, -0.2) is 0 Å². The van der Waals surface area contributed by atoms with Crippen LogP contribution in [0.1, 0.15) is 5.56 Å². The molecule has 5 heteroatoms. The van der Waals surface area contributed by atoms with Crippen LogP contribution in [0, 0.1) is 6.92 Å². The van der Waals surface area contributed by atoms with Crippen molar-refractivity contribution in [3.8, 4) is 22.3 Å². The van der Waals surface area contributed by atoms with Gasteiger partial charge in [0.25, 0.3) is 0 Å². The van der Waals surface area contributed by atoms with Gasteiger partial charge in [-0.05, 0) is 117 Å². The summed E-state index contributed by atoms with van der Waals surface area (Å²) in [7, 11) is 0. The van der Waals surface area contributed by atoms with Crippen LogP contribution in [0.4, 0.5) is 0 Å². The molecule has 0 radical (unpaired) electrons. The molecule has 6 aromatic carbocycles. The van der Waals surface area contributed by atoms with Crippen LogP contribution in [0.25, 0.3) is 65.3 Å². The third-order valence-electron chi connectivity index (χ3n) is 8.44. The van der Waals surface area contributed by atoms with Crippen molar-refractivity contribution in [2.45, 2.75) is 6.92 Å². The van der Waals surface area contributed by atoms with Gasteiger partial charge in [-0.3, -0.25) is 15.0 Å². The van der Waals surface area contributed by atoms with Gasteiger partial charge in [0.2, 0.25) is 0 Å². The number of fused-ring (bicyclic) bond motifs is 4. The first-order chi connectivity index (χ1) is 24.1. The fourth-order valence-electron chi connectivity index (χ4n) is 6.24. The number of aromatic nitrogens is 3. The summed E-state index contributed by atoms with van der Waals surface area (Å²) in [6, 6.07) is 46.2. The van der Waals surface area contributed by atoms with Crippen molar-refractivity contribution in [3.05, 3.63) is 185 Å². The Hall–Kier alpha value is -5.23. The number of rotatable bonds is 2. The van der Waals surface area contributed by atoms with Crippen LogP contribution in [0.5, 0.6) is 0 Å². The molecule has 9 aromatic rings. The highest BCUT2D eigenvalue weighted by Crippen LogP contribution is 2.43. The summed E-state index contributed by atoms with van der Waals surface area (Å²) in [5.41, 5.74) is 5.95. The van der Waals surface area contributed by atoms with Crippen LogP contribution in [0.3, 0.4) is 0 Å². The SMILES string of the molecule is Brc1c2ccccc2c(Br)c2ccccc12.Cc1cccnc1.c1cncc(-c2c3ccccc3c(-c3cccnc3)c3ccccc23)c1. The highest BCUT2D eigenvalue weighted by atomic mass is 79.9. The first-order valence-corrected chi connectivity index (χ1v) is 17.6. The number of hydrogen-bond acceptors (Lipinski definition) is 3. The van der Waals surface area contributed by atoms with Crippen molar-refractivity contribution >= 4 is 74.9 Å². The molecule has 0 saturated heterocycles. The first-order valence-electron chi connectivity index (χ1n) is 16.0. The number of aryl methyl sites for hydroxylation is 1.